The number of hydrogen-bond acceptors (Lipinski definition) is 2. The molecule has 0 atom stereocenters. The summed E-state index contributed by atoms with van der Waals surface area (Å²) in [5, 5.41) is 17.0. The maximum absolute atomic E-state index is 10.9. The van der Waals surface area contributed by atoms with Crippen LogP contribution in [0.15, 0.2) is 30.5 Å². The first kappa shape index (κ1) is 11.8. The normalized spacial score (nSPS) is 11.1. The second kappa shape index (κ2) is 4.13. The van der Waals surface area contributed by atoms with Gasteiger partial charge in [-0.15, -0.1) is 0 Å². The fourth-order valence-corrected chi connectivity index (χ4v) is 2.50. The number of nitrogens with one attached hydrogen (secondary N) is 1. The van der Waals surface area contributed by atoms with Gasteiger partial charge < -0.3 is 9.67 Å². The highest BCUT2D eigenvalue weighted by atomic mass is 35.5. The molecule has 0 amide bonds. The van der Waals surface area contributed by atoms with Gasteiger partial charge in [0.05, 0.1) is 16.2 Å². The van der Waals surface area contributed by atoms with E-state index < -0.39 is 5.97 Å². The lowest BCUT2D eigenvalue weighted by atomic mass is 10.1. The summed E-state index contributed by atoms with van der Waals surface area (Å²) in [6.45, 7) is 0. The number of fused-ring (bicyclic) bond motifs is 1. The van der Waals surface area contributed by atoms with Gasteiger partial charge in [-0.3, -0.25) is 5.10 Å². The molecule has 0 unspecified atom stereocenters. The van der Waals surface area contributed by atoms with E-state index in [0.29, 0.717) is 10.7 Å². The zero-order chi connectivity index (χ0) is 13.6. The number of carboxylic acids is 1. The first-order chi connectivity index (χ1) is 9.08. The largest absolute Gasteiger partial charge is 0.477 e. The van der Waals surface area contributed by atoms with Gasteiger partial charge in [-0.05, 0) is 6.07 Å². The van der Waals surface area contributed by atoms with Crippen LogP contribution in [-0.2, 0) is 7.05 Å². The van der Waals surface area contributed by atoms with E-state index in [1.807, 2.05) is 36.0 Å². The molecular formula is C13H10ClN3O2. The summed E-state index contributed by atoms with van der Waals surface area (Å²) in [4.78, 5) is 10.9. The fraction of sp³-hybridized carbons (Fsp3) is 0.0769. The van der Waals surface area contributed by atoms with Gasteiger partial charge >= 0.3 is 5.97 Å². The maximum Gasteiger partial charge on any atom is 0.353 e. The summed E-state index contributed by atoms with van der Waals surface area (Å²) in [6, 6.07) is 7.20. The number of rotatable bonds is 2. The Balaban J connectivity index is 2.27. The number of aromatic amines is 1. The number of benzene rings is 1. The topological polar surface area (TPSA) is 70.9 Å². The van der Waals surface area contributed by atoms with E-state index in [0.717, 1.165) is 16.5 Å². The van der Waals surface area contributed by atoms with Crippen LogP contribution in [-0.4, -0.2) is 25.8 Å². The summed E-state index contributed by atoms with van der Waals surface area (Å²) in [5.41, 5.74) is 2.42. The first-order valence-electron chi connectivity index (χ1n) is 5.60. The summed E-state index contributed by atoms with van der Waals surface area (Å²) >= 11 is 6.15. The van der Waals surface area contributed by atoms with Crippen LogP contribution in [0.3, 0.4) is 0 Å². The summed E-state index contributed by atoms with van der Waals surface area (Å²) in [5.74, 6) is -1.03. The van der Waals surface area contributed by atoms with Crippen molar-refractivity contribution < 1.29 is 9.90 Å². The summed E-state index contributed by atoms with van der Waals surface area (Å²) in [7, 11) is 1.89. The number of H-pyrrole nitrogens is 1. The number of aryl methyl sites for hydroxylation is 1. The number of halogens is 1. The Hall–Kier alpha value is -2.27. The summed E-state index contributed by atoms with van der Waals surface area (Å²) in [6.07, 6.45) is 1.82. The van der Waals surface area contributed by atoms with E-state index in [4.69, 9.17) is 16.7 Å². The quantitative estimate of drug-likeness (QED) is 0.755. The number of carbonyl (C=O) groups is 1. The molecule has 0 saturated carbocycles. The Labute approximate surface area is 113 Å². The van der Waals surface area contributed by atoms with Crippen LogP contribution in [0.2, 0.25) is 5.02 Å². The predicted octanol–water partition coefficient (Wildman–Crippen LogP) is 2.92. The number of carboxylic acid groups (broad SMARTS) is 1. The minimum atomic E-state index is -1.03. The highest BCUT2D eigenvalue weighted by Crippen LogP contribution is 2.32. The molecule has 0 bridgehead atoms. The maximum atomic E-state index is 10.9. The highest BCUT2D eigenvalue weighted by Gasteiger charge is 2.14. The van der Waals surface area contributed by atoms with Crippen LogP contribution in [0.25, 0.3) is 22.2 Å². The Morgan fingerprint density at radius 2 is 2.26 bits per heavy atom. The fourth-order valence-electron chi connectivity index (χ4n) is 2.20. The van der Waals surface area contributed by atoms with Crippen molar-refractivity contribution in [2.75, 3.05) is 0 Å². The third kappa shape index (κ3) is 1.79. The third-order valence-electron chi connectivity index (χ3n) is 3.04. The smallest absolute Gasteiger partial charge is 0.353 e. The molecule has 19 heavy (non-hydrogen) atoms. The Bertz CT molecular complexity index is 788. The molecule has 2 heterocycles. The standard InChI is InChI=1S/C13H10ClN3O2/c1-17-6-9(14)7-3-2-4-8(12(7)17)10-5-11(13(18)19)16-15-10/h2-6H,1H3,(H,15,16)(H,18,19). The summed E-state index contributed by atoms with van der Waals surface area (Å²) < 4.78 is 1.90. The molecule has 1 aromatic carbocycles. The number of aromatic nitrogens is 3. The van der Waals surface area contributed by atoms with E-state index in [1.54, 1.807) is 0 Å². The van der Waals surface area contributed by atoms with Crippen LogP contribution in [0.5, 0.6) is 0 Å². The van der Waals surface area contributed by atoms with Crippen LogP contribution in [0, 0.1) is 0 Å². The molecule has 96 valence electrons. The lowest BCUT2D eigenvalue weighted by molar-refractivity contribution is 0.0690. The van der Waals surface area contributed by atoms with Crippen molar-refractivity contribution in [2.24, 2.45) is 7.05 Å². The molecule has 0 saturated heterocycles. The molecule has 5 nitrogen and oxygen atoms in total. The molecule has 2 aromatic heterocycles. The van der Waals surface area contributed by atoms with E-state index in [2.05, 4.69) is 10.2 Å². The lowest BCUT2D eigenvalue weighted by Gasteiger charge is -2.02. The second-order valence-electron chi connectivity index (χ2n) is 4.26. The Kier molecular flexibility index (Phi) is 2.57. The predicted molar refractivity (Wildman–Crippen MR) is 72.5 cm³/mol. The average Bonchev–Trinajstić information content (AvgIpc) is 2.96. The van der Waals surface area contributed by atoms with Gasteiger partial charge in [-0.2, -0.15) is 5.10 Å². The van der Waals surface area contributed by atoms with Crippen molar-refractivity contribution in [3.63, 3.8) is 0 Å². The van der Waals surface area contributed by atoms with Gasteiger partial charge in [0.25, 0.3) is 0 Å². The molecule has 6 heteroatoms. The van der Waals surface area contributed by atoms with Crippen molar-refractivity contribution in [3.8, 4) is 11.3 Å². The van der Waals surface area contributed by atoms with Crippen molar-refractivity contribution in [3.05, 3.63) is 41.2 Å². The molecule has 0 radical (unpaired) electrons. The third-order valence-corrected chi connectivity index (χ3v) is 3.34. The van der Waals surface area contributed by atoms with Crippen LogP contribution in [0.4, 0.5) is 0 Å². The SMILES string of the molecule is Cn1cc(Cl)c2cccc(-c3cc(C(=O)O)[nH]n3)c21. The van der Waals surface area contributed by atoms with Crippen LogP contribution >= 0.6 is 11.6 Å². The minimum absolute atomic E-state index is 0.0623. The first-order valence-corrected chi connectivity index (χ1v) is 5.98. The molecule has 2 N–H and O–H groups in total. The zero-order valence-electron chi connectivity index (χ0n) is 10.0. The monoisotopic (exact) mass is 275 g/mol. The average molecular weight is 276 g/mol. The van der Waals surface area contributed by atoms with Gasteiger partial charge in [0.1, 0.15) is 5.69 Å². The van der Waals surface area contributed by atoms with Gasteiger partial charge in [0, 0.05) is 24.2 Å². The molecule has 0 aliphatic carbocycles. The Morgan fingerprint density at radius 1 is 1.47 bits per heavy atom. The van der Waals surface area contributed by atoms with E-state index in [-0.39, 0.29) is 5.69 Å². The Morgan fingerprint density at radius 3 is 2.95 bits per heavy atom. The van der Waals surface area contributed by atoms with E-state index in [1.165, 1.54) is 6.07 Å². The number of aromatic carboxylic acids is 1. The molecule has 0 aliphatic heterocycles. The molecule has 0 fully saturated rings. The van der Waals surface area contributed by atoms with E-state index >= 15 is 0 Å². The number of hydrogen-bond donors (Lipinski definition) is 2. The van der Waals surface area contributed by atoms with E-state index in [9.17, 15) is 4.79 Å². The van der Waals surface area contributed by atoms with Crippen LogP contribution in [0.1, 0.15) is 10.5 Å². The minimum Gasteiger partial charge on any atom is -0.477 e. The number of para-hydroxylation sites is 1. The van der Waals surface area contributed by atoms with Gasteiger partial charge in [-0.25, -0.2) is 4.79 Å². The molecule has 3 aromatic rings. The molecule has 3 rings (SSSR count). The van der Waals surface area contributed by atoms with Crippen LogP contribution < -0.4 is 0 Å². The van der Waals surface area contributed by atoms with Crippen molar-refractivity contribution in [1.82, 2.24) is 14.8 Å². The molecule has 0 aliphatic rings. The van der Waals surface area contributed by atoms with Crippen molar-refractivity contribution in [1.29, 1.82) is 0 Å². The van der Waals surface area contributed by atoms with Gasteiger partial charge in [0.15, 0.2) is 0 Å². The molecule has 0 spiro atoms. The second-order valence-corrected chi connectivity index (χ2v) is 4.67. The highest BCUT2D eigenvalue weighted by molar-refractivity contribution is 6.36. The zero-order valence-corrected chi connectivity index (χ0v) is 10.8. The lowest BCUT2D eigenvalue weighted by Crippen LogP contribution is -1.95. The van der Waals surface area contributed by atoms with Crippen molar-refractivity contribution in [2.45, 2.75) is 0 Å². The van der Waals surface area contributed by atoms with Gasteiger partial charge in [-0.1, -0.05) is 29.8 Å². The van der Waals surface area contributed by atoms with Gasteiger partial charge in [0.2, 0.25) is 0 Å². The van der Waals surface area contributed by atoms with Crippen molar-refractivity contribution >= 4 is 28.5 Å². The molecular weight excluding hydrogens is 266 g/mol. The number of nitrogens with zero attached hydrogens (tertiary/aromatic N) is 2.